The number of rotatable bonds is 3. The number of hydrogen-bond donors (Lipinski definition) is 2. The van der Waals surface area contributed by atoms with E-state index in [1.165, 1.54) is 0 Å². The van der Waals surface area contributed by atoms with Crippen LogP contribution in [0.4, 0.5) is 5.82 Å². The molecule has 2 aromatic rings. The molecule has 108 valence electrons. The number of anilines is 1. The van der Waals surface area contributed by atoms with E-state index in [9.17, 15) is 4.79 Å². The molecule has 0 spiro atoms. The van der Waals surface area contributed by atoms with Gasteiger partial charge in [-0.05, 0) is 17.5 Å². The third-order valence-electron chi connectivity index (χ3n) is 2.89. The zero-order valence-electron chi connectivity index (χ0n) is 12.3. The van der Waals surface area contributed by atoms with Crippen LogP contribution in [0.25, 0.3) is 0 Å². The highest BCUT2D eigenvalue weighted by molar-refractivity contribution is 7.08. The van der Waals surface area contributed by atoms with E-state index in [1.54, 1.807) is 0 Å². The predicted octanol–water partition coefficient (Wildman–Crippen LogP) is 2.93. The second kappa shape index (κ2) is 5.32. The number of carbonyl (C=O) groups is 1. The van der Waals surface area contributed by atoms with Crippen LogP contribution in [0.15, 0.2) is 6.07 Å². The average molecular weight is 293 g/mol. The third-order valence-corrected chi connectivity index (χ3v) is 3.63. The monoisotopic (exact) mass is 293 g/mol. The van der Waals surface area contributed by atoms with Crippen molar-refractivity contribution in [2.45, 2.75) is 46.0 Å². The van der Waals surface area contributed by atoms with Crippen LogP contribution in [0.3, 0.4) is 0 Å². The van der Waals surface area contributed by atoms with Gasteiger partial charge in [-0.3, -0.25) is 9.89 Å². The Bertz CT molecular complexity index is 608. The Morgan fingerprint density at radius 2 is 2.10 bits per heavy atom. The number of nitrogens with one attached hydrogen (secondary N) is 2. The molecule has 0 saturated heterocycles. The molecule has 2 aromatic heterocycles. The molecule has 0 aliphatic rings. The van der Waals surface area contributed by atoms with Gasteiger partial charge in [-0.1, -0.05) is 39.1 Å². The number of H-pyrrole nitrogens is 1. The molecule has 2 heterocycles. The van der Waals surface area contributed by atoms with Gasteiger partial charge in [0.1, 0.15) is 4.88 Å². The summed E-state index contributed by atoms with van der Waals surface area (Å²) in [4.78, 5) is 12.8. The minimum Gasteiger partial charge on any atom is -0.304 e. The summed E-state index contributed by atoms with van der Waals surface area (Å²) in [6, 6.07) is 1.85. The van der Waals surface area contributed by atoms with Crippen molar-refractivity contribution in [3.63, 3.8) is 0 Å². The van der Waals surface area contributed by atoms with Crippen molar-refractivity contribution < 1.29 is 4.79 Å². The molecule has 2 N–H and O–H groups in total. The molecule has 7 heteroatoms. The lowest BCUT2D eigenvalue weighted by atomic mass is 9.92. The van der Waals surface area contributed by atoms with Gasteiger partial charge >= 0.3 is 0 Å². The van der Waals surface area contributed by atoms with Gasteiger partial charge in [-0.2, -0.15) is 5.10 Å². The van der Waals surface area contributed by atoms with Crippen molar-refractivity contribution in [1.29, 1.82) is 0 Å². The van der Waals surface area contributed by atoms with E-state index >= 15 is 0 Å². The maximum atomic E-state index is 12.2. The van der Waals surface area contributed by atoms with Crippen LogP contribution in [0.2, 0.25) is 0 Å². The lowest BCUT2D eigenvalue weighted by molar-refractivity contribution is 0.102. The van der Waals surface area contributed by atoms with Gasteiger partial charge in [0, 0.05) is 17.2 Å². The molecular weight excluding hydrogens is 274 g/mol. The average Bonchev–Trinajstić information content (AvgIpc) is 2.95. The molecule has 2 rings (SSSR count). The van der Waals surface area contributed by atoms with Crippen molar-refractivity contribution in [2.75, 3.05) is 5.32 Å². The number of amides is 1. The molecule has 1 amide bonds. The summed E-state index contributed by atoms with van der Waals surface area (Å²) in [5, 5.41) is 13.8. The van der Waals surface area contributed by atoms with Crippen LogP contribution in [-0.4, -0.2) is 25.7 Å². The van der Waals surface area contributed by atoms with Gasteiger partial charge in [0.2, 0.25) is 0 Å². The molecule has 0 aromatic carbocycles. The quantitative estimate of drug-likeness (QED) is 0.911. The molecule has 0 bridgehead atoms. The predicted molar refractivity (Wildman–Crippen MR) is 79.2 cm³/mol. The molecule has 0 saturated carbocycles. The number of hydrogen-bond acceptors (Lipinski definition) is 5. The smallest absolute Gasteiger partial charge is 0.270 e. The normalized spacial score (nSPS) is 11.9. The van der Waals surface area contributed by atoms with Gasteiger partial charge in [0.15, 0.2) is 5.82 Å². The maximum Gasteiger partial charge on any atom is 0.270 e. The topological polar surface area (TPSA) is 83.6 Å². The fourth-order valence-corrected chi connectivity index (χ4v) is 2.39. The van der Waals surface area contributed by atoms with Gasteiger partial charge in [0.25, 0.3) is 5.91 Å². The van der Waals surface area contributed by atoms with Gasteiger partial charge in [0.05, 0.1) is 5.69 Å². The summed E-state index contributed by atoms with van der Waals surface area (Å²) >= 11 is 1.11. The van der Waals surface area contributed by atoms with Crippen molar-refractivity contribution in [3.05, 3.63) is 22.3 Å². The lowest BCUT2D eigenvalue weighted by Crippen LogP contribution is -2.13. The maximum absolute atomic E-state index is 12.2. The molecule has 6 nitrogen and oxygen atoms in total. The Morgan fingerprint density at radius 3 is 2.65 bits per heavy atom. The van der Waals surface area contributed by atoms with Gasteiger partial charge in [-0.15, -0.1) is 5.10 Å². The first-order valence-electron chi connectivity index (χ1n) is 6.48. The summed E-state index contributed by atoms with van der Waals surface area (Å²) in [6.45, 7) is 10.2. The van der Waals surface area contributed by atoms with Crippen molar-refractivity contribution in [2.24, 2.45) is 0 Å². The highest BCUT2D eigenvalue weighted by Crippen LogP contribution is 2.24. The van der Waals surface area contributed by atoms with Crippen molar-refractivity contribution in [1.82, 2.24) is 19.8 Å². The van der Waals surface area contributed by atoms with E-state index in [-0.39, 0.29) is 17.2 Å². The lowest BCUT2D eigenvalue weighted by Gasteiger charge is -2.14. The fourth-order valence-electron chi connectivity index (χ4n) is 1.68. The second-order valence-electron chi connectivity index (χ2n) is 6.01. The number of carbonyl (C=O) groups excluding carboxylic acids is 1. The SMILES string of the molecule is CC(C)c1nnsc1C(=O)Nc1cc(C(C)(C)C)[nH]n1. The molecule has 0 fully saturated rings. The summed E-state index contributed by atoms with van der Waals surface area (Å²) < 4.78 is 3.85. The minimum absolute atomic E-state index is 0.0366. The second-order valence-corrected chi connectivity index (χ2v) is 6.77. The number of aromatic amines is 1. The van der Waals surface area contributed by atoms with E-state index in [1.807, 2.05) is 19.9 Å². The van der Waals surface area contributed by atoms with Crippen LogP contribution >= 0.6 is 11.5 Å². The number of aromatic nitrogens is 4. The molecule has 0 atom stereocenters. The van der Waals surface area contributed by atoms with Crippen LogP contribution < -0.4 is 5.32 Å². The highest BCUT2D eigenvalue weighted by atomic mass is 32.1. The zero-order chi connectivity index (χ0) is 14.9. The van der Waals surface area contributed by atoms with Crippen molar-refractivity contribution in [3.8, 4) is 0 Å². The van der Waals surface area contributed by atoms with E-state index < -0.39 is 0 Å². The van der Waals surface area contributed by atoms with E-state index in [4.69, 9.17) is 0 Å². The highest BCUT2D eigenvalue weighted by Gasteiger charge is 2.21. The standard InChI is InChI=1S/C13H19N5OS/c1-7(2)10-11(20-18-17-10)12(19)14-9-6-8(15-16-9)13(3,4)5/h6-7H,1-5H3,(H2,14,15,16,19). The van der Waals surface area contributed by atoms with Crippen LogP contribution in [0.5, 0.6) is 0 Å². The Morgan fingerprint density at radius 1 is 1.40 bits per heavy atom. The summed E-state index contributed by atoms with van der Waals surface area (Å²) in [6.07, 6.45) is 0. The first-order valence-corrected chi connectivity index (χ1v) is 7.26. The van der Waals surface area contributed by atoms with E-state index in [0.29, 0.717) is 10.7 Å². The largest absolute Gasteiger partial charge is 0.304 e. The zero-order valence-corrected chi connectivity index (χ0v) is 13.1. The Labute approximate surface area is 122 Å². The van der Waals surface area contributed by atoms with Gasteiger partial charge in [-0.25, -0.2) is 0 Å². The van der Waals surface area contributed by atoms with Crippen LogP contribution in [0.1, 0.15) is 61.6 Å². The summed E-state index contributed by atoms with van der Waals surface area (Å²) in [7, 11) is 0. The Hall–Kier alpha value is -1.76. The van der Waals surface area contributed by atoms with Crippen molar-refractivity contribution >= 4 is 23.3 Å². The van der Waals surface area contributed by atoms with Crippen LogP contribution in [0, 0.1) is 0 Å². The Kier molecular flexibility index (Phi) is 3.89. The first-order chi connectivity index (χ1) is 9.29. The van der Waals surface area contributed by atoms with Crippen LogP contribution in [-0.2, 0) is 5.41 Å². The molecule has 0 unspecified atom stereocenters. The number of nitrogens with zero attached hydrogens (tertiary/aromatic N) is 3. The molecule has 20 heavy (non-hydrogen) atoms. The first kappa shape index (κ1) is 14.6. The fraction of sp³-hybridized carbons (Fsp3) is 0.538. The van der Waals surface area contributed by atoms with E-state index in [2.05, 4.69) is 45.9 Å². The summed E-state index contributed by atoms with van der Waals surface area (Å²) in [5.41, 5.74) is 1.66. The van der Waals surface area contributed by atoms with E-state index in [0.717, 1.165) is 22.9 Å². The molecular formula is C13H19N5OS. The molecule has 0 radical (unpaired) electrons. The Balaban J connectivity index is 2.16. The molecule has 0 aliphatic carbocycles. The minimum atomic E-state index is -0.212. The summed E-state index contributed by atoms with van der Waals surface area (Å²) in [5.74, 6) is 0.470. The molecule has 0 aliphatic heterocycles. The van der Waals surface area contributed by atoms with Gasteiger partial charge < -0.3 is 5.32 Å². The third kappa shape index (κ3) is 3.04.